The van der Waals surface area contributed by atoms with Gasteiger partial charge in [0.05, 0.1) is 11.3 Å². The molecule has 1 aromatic carbocycles. The number of hydrogen-bond donors (Lipinski definition) is 1. The summed E-state index contributed by atoms with van der Waals surface area (Å²) in [5, 5.41) is 2.25. The molecule has 0 aromatic heterocycles. The summed E-state index contributed by atoms with van der Waals surface area (Å²) >= 11 is 0. The Balaban J connectivity index is 2.58. The minimum absolute atomic E-state index is 0.202. The fourth-order valence-corrected chi connectivity index (χ4v) is 4.12. The zero-order chi connectivity index (χ0) is 13.5. The Morgan fingerprint density at radius 1 is 1.33 bits per heavy atom. The topological polar surface area (TPSA) is 46.2 Å². The standard InChI is InChI=1S/C12H15F2NO2S/c1-3-4-15-11-7(2)18(16,17)12-9(11)5-8(13)6-10(12)14/h5-7,11,15H,3-4H2,1-2H3. The first-order valence-electron chi connectivity index (χ1n) is 5.85. The molecule has 0 aliphatic carbocycles. The Morgan fingerprint density at radius 3 is 2.61 bits per heavy atom. The summed E-state index contributed by atoms with van der Waals surface area (Å²) in [5.74, 6) is -1.75. The van der Waals surface area contributed by atoms with Crippen molar-refractivity contribution in [3.63, 3.8) is 0 Å². The maximum Gasteiger partial charge on any atom is 0.186 e. The molecule has 2 atom stereocenters. The average Bonchev–Trinajstić information content (AvgIpc) is 2.45. The summed E-state index contributed by atoms with van der Waals surface area (Å²) in [6.07, 6.45) is 0.816. The first-order chi connectivity index (χ1) is 8.39. The van der Waals surface area contributed by atoms with Gasteiger partial charge in [-0.2, -0.15) is 0 Å². The Morgan fingerprint density at radius 2 is 2.00 bits per heavy atom. The Hall–Kier alpha value is -1.01. The van der Waals surface area contributed by atoms with Crippen molar-refractivity contribution in [2.45, 2.75) is 36.5 Å². The predicted octanol–water partition coefficient (Wildman–Crippen LogP) is 2.18. The van der Waals surface area contributed by atoms with Gasteiger partial charge < -0.3 is 5.32 Å². The molecule has 1 aliphatic heterocycles. The Labute approximate surface area is 105 Å². The van der Waals surface area contributed by atoms with Crippen molar-refractivity contribution in [1.29, 1.82) is 0 Å². The number of rotatable bonds is 3. The van der Waals surface area contributed by atoms with Crippen LogP contribution < -0.4 is 5.32 Å². The molecule has 1 heterocycles. The SMILES string of the molecule is CCCNC1c2cc(F)cc(F)c2S(=O)(=O)C1C. The van der Waals surface area contributed by atoms with Crippen molar-refractivity contribution in [2.75, 3.05) is 6.54 Å². The first-order valence-corrected chi connectivity index (χ1v) is 7.40. The second-order valence-corrected chi connectivity index (χ2v) is 6.73. The fraction of sp³-hybridized carbons (Fsp3) is 0.500. The van der Waals surface area contributed by atoms with E-state index in [9.17, 15) is 17.2 Å². The van der Waals surface area contributed by atoms with E-state index in [2.05, 4.69) is 5.32 Å². The third kappa shape index (κ3) is 1.93. The second kappa shape index (κ2) is 4.59. The molecule has 2 unspecified atom stereocenters. The number of hydrogen-bond acceptors (Lipinski definition) is 3. The van der Waals surface area contributed by atoms with Crippen LogP contribution in [-0.2, 0) is 9.84 Å². The van der Waals surface area contributed by atoms with Gasteiger partial charge >= 0.3 is 0 Å². The van der Waals surface area contributed by atoms with Crippen LogP contribution in [0.1, 0.15) is 31.9 Å². The molecule has 1 aliphatic rings. The zero-order valence-corrected chi connectivity index (χ0v) is 11.0. The van der Waals surface area contributed by atoms with Crippen molar-refractivity contribution in [3.05, 3.63) is 29.3 Å². The van der Waals surface area contributed by atoms with E-state index < -0.39 is 32.8 Å². The number of fused-ring (bicyclic) bond motifs is 1. The van der Waals surface area contributed by atoms with Gasteiger partial charge in [0.15, 0.2) is 9.84 Å². The van der Waals surface area contributed by atoms with Crippen LogP contribution in [-0.4, -0.2) is 20.2 Å². The number of nitrogens with one attached hydrogen (secondary N) is 1. The van der Waals surface area contributed by atoms with Gasteiger partial charge in [0.2, 0.25) is 0 Å². The van der Waals surface area contributed by atoms with Gasteiger partial charge in [-0.25, -0.2) is 17.2 Å². The van der Waals surface area contributed by atoms with Gasteiger partial charge in [-0.05, 0) is 31.5 Å². The summed E-state index contributed by atoms with van der Waals surface area (Å²) in [7, 11) is -3.72. The third-order valence-electron chi connectivity index (χ3n) is 3.23. The van der Waals surface area contributed by atoms with E-state index in [1.165, 1.54) is 6.92 Å². The molecule has 0 radical (unpaired) electrons. The van der Waals surface area contributed by atoms with Gasteiger partial charge in [0, 0.05) is 6.07 Å². The van der Waals surface area contributed by atoms with E-state index in [0.717, 1.165) is 12.5 Å². The highest BCUT2D eigenvalue weighted by Crippen LogP contribution is 2.40. The minimum Gasteiger partial charge on any atom is -0.309 e. The molecular formula is C12H15F2NO2S. The smallest absolute Gasteiger partial charge is 0.186 e. The van der Waals surface area contributed by atoms with Crippen LogP contribution in [0, 0.1) is 11.6 Å². The molecular weight excluding hydrogens is 260 g/mol. The summed E-state index contributed by atoms with van der Waals surface area (Å²) in [5.41, 5.74) is 0.202. The van der Waals surface area contributed by atoms with Crippen LogP contribution >= 0.6 is 0 Å². The molecule has 18 heavy (non-hydrogen) atoms. The molecule has 0 saturated heterocycles. The summed E-state index contributed by atoms with van der Waals surface area (Å²) in [6, 6.07) is 1.17. The fourth-order valence-electron chi connectivity index (χ4n) is 2.31. The summed E-state index contributed by atoms with van der Waals surface area (Å²) in [4.78, 5) is -0.356. The van der Waals surface area contributed by atoms with Crippen LogP contribution in [0.2, 0.25) is 0 Å². The van der Waals surface area contributed by atoms with E-state index in [1.54, 1.807) is 0 Å². The van der Waals surface area contributed by atoms with Gasteiger partial charge in [0.25, 0.3) is 0 Å². The van der Waals surface area contributed by atoms with E-state index in [1.807, 2.05) is 6.92 Å². The quantitative estimate of drug-likeness (QED) is 0.860. The Kier molecular flexibility index (Phi) is 3.42. The lowest BCUT2D eigenvalue weighted by Gasteiger charge is -2.16. The minimum atomic E-state index is -3.72. The number of benzene rings is 1. The van der Waals surface area contributed by atoms with Crippen molar-refractivity contribution in [1.82, 2.24) is 5.32 Å². The molecule has 0 amide bonds. The largest absolute Gasteiger partial charge is 0.309 e. The lowest BCUT2D eigenvalue weighted by atomic mass is 10.0. The molecule has 1 aromatic rings. The molecule has 0 saturated carbocycles. The van der Waals surface area contributed by atoms with Crippen LogP contribution in [0.5, 0.6) is 0 Å². The third-order valence-corrected chi connectivity index (χ3v) is 5.48. The summed E-state index contributed by atoms with van der Waals surface area (Å²) < 4.78 is 51.1. The van der Waals surface area contributed by atoms with E-state index >= 15 is 0 Å². The highest BCUT2D eigenvalue weighted by atomic mass is 32.2. The zero-order valence-electron chi connectivity index (χ0n) is 10.2. The lowest BCUT2D eigenvalue weighted by Crippen LogP contribution is -2.30. The molecule has 0 spiro atoms. The number of halogens is 2. The average molecular weight is 275 g/mol. The molecule has 0 bridgehead atoms. The van der Waals surface area contributed by atoms with Crippen molar-refractivity contribution in [3.8, 4) is 0 Å². The van der Waals surface area contributed by atoms with Crippen LogP contribution in [0.3, 0.4) is 0 Å². The monoisotopic (exact) mass is 275 g/mol. The predicted molar refractivity (Wildman–Crippen MR) is 64.0 cm³/mol. The normalized spacial score (nSPS) is 25.1. The van der Waals surface area contributed by atoms with Crippen molar-refractivity contribution >= 4 is 9.84 Å². The van der Waals surface area contributed by atoms with Gasteiger partial charge in [-0.15, -0.1) is 0 Å². The van der Waals surface area contributed by atoms with Crippen LogP contribution in [0.4, 0.5) is 8.78 Å². The molecule has 2 rings (SSSR count). The molecule has 3 nitrogen and oxygen atoms in total. The second-order valence-electron chi connectivity index (χ2n) is 4.49. The van der Waals surface area contributed by atoms with Gasteiger partial charge in [0.1, 0.15) is 16.5 Å². The van der Waals surface area contributed by atoms with E-state index in [0.29, 0.717) is 12.6 Å². The highest BCUT2D eigenvalue weighted by Gasteiger charge is 2.44. The Bertz CT molecular complexity index is 572. The van der Waals surface area contributed by atoms with Crippen LogP contribution in [0.25, 0.3) is 0 Å². The highest BCUT2D eigenvalue weighted by molar-refractivity contribution is 7.92. The van der Waals surface area contributed by atoms with Crippen molar-refractivity contribution < 1.29 is 17.2 Å². The van der Waals surface area contributed by atoms with Crippen LogP contribution in [0.15, 0.2) is 17.0 Å². The van der Waals surface area contributed by atoms with Gasteiger partial charge in [-0.3, -0.25) is 0 Å². The number of sulfone groups is 1. The maximum absolute atomic E-state index is 13.7. The lowest BCUT2D eigenvalue weighted by molar-refractivity contribution is 0.507. The first kappa shape index (κ1) is 13.4. The molecule has 6 heteroatoms. The van der Waals surface area contributed by atoms with E-state index in [-0.39, 0.29) is 10.5 Å². The maximum atomic E-state index is 13.7. The molecule has 100 valence electrons. The summed E-state index contributed by atoms with van der Waals surface area (Å²) in [6.45, 7) is 4.05. The molecule has 1 N–H and O–H groups in total. The molecule has 0 fully saturated rings. The van der Waals surface area contributed by atoms with Crippen molar-refractivity contribution in [2.24, 2.45) is 0 Å². The van der Waals surface area contributed by atoms with Gasteiger partial charge in [-0.1, -0.05) is 6.92 Å². The van der Waals surface area contributed by atoms with E-state index in [4.69, 9.17) is 0 Å².